The molecule has 2 unspecified atom stereocenters. The fourth-order valence-corrected chi connectivity index (χ4v) is 5.32. The molecule has 4 heteroatoms. The monoisotopic (exact) mass is 458 g/mol. The average Bonchev–Trinajstić information content (AvgIpc) is 3.43. The van der Waals surface area contributed by atoms with E-state index >= 15 is 0 Å². The number of aromatic amines is 1. The first-order valence-electron chi connectivity index (χ1n) is 12.7. The van der Waals surface area contributed by atoms with Crippen molar-refractivity contribution >= 4 is 17.2 Å². The number of Topliss-reactive ketones (excluding diaryl/α,β-unsaturated/α-hetero) is 1. The Morgan fingerprint density at radius 2 is 2.26 bits per heavy atom. The molecule has 1 aromatic heterocycles. The molecule has 0 radical (unpaired) electrons. The van der Waals surface area contributed by atoms with Gasteiger partial charge < -0.3 is 14.6 Å². The Morgan fingerprint density at radius 1 is 1.41 bits per heavy atom. The van der Waals surface area contributed by atoms with Crippen molar-refractivity contribution in [1.29, 1.82) is 0 Å². The summed E-state index contributed by atoms with van der Waals surface area (Å²) in [7, 11) is 0. The van der Waals surface area contributed by atoms with E-state index in [2.05, 4.69) is 54.3 Å². The maximum atomic E-state index is 13.5. The van der Waals surface area contributed by atoms with Crippen molar-refractivity contribution in [1.82, 2.24) is 9.88 Å². The molecule has 1 aliphatic carbocycles. The van der Waals surface area contributed by atoms with E-state index in [0.29, 0.717) is 18.3 Å². The molecule has 1 aromatic rings. The number of nitrogens with zero attached hydrogens (tertiary/aromatic N) is 1. The van der Waals surface area contributed by atoms with Gasteiger partial charge >= 0.3 is 0 Å². The normalized spacial score (nSPS) is 24.9. The van der Waals surface area contributed by atoms with Gasteiger partial charge in [-0.05, 0) is 87.2 Å². The van der Waals surface area contributed by atoms with Crippen LogP contribution in [0.15, 0.2) is 67.1 Å². The quantitative estimate of drug-likeness (QED) is 0.625. The predicted octanol–water partition coefficient (Wildman–Crippen LogP) is 4.77. The molecule has 0 bridgehead atoms. The number of H-pyrrole nitrogens is 1. The third-order valence-corrected chi connectivity index (χ3v) is 7.43. The van der Waals surface area contributed by atoms with Crippen molar-refractivity contribution in [3.63, 3.8) is 0 Å². The maximum Gasteiger partial charge on any atom is 0.200 e. The lowest BCUT2D eigenvalue weighted by atomic mass is 9.78. The molecule has 2 fully saturated rings. The van der Waals surface area contributed by atoms with Crippen molar-refractivity contribution in [2.45, 2.75) is 52.4 Å². The van der Waals surface area contributed by atoms with Crippen LogP contribution in [-0.4, -0.2) is 35.4 Å². The standard InChI is InChI=1S/C30H38N2O2/c1-4-6-7-13-26-24(15-18-31-26)27(11-5-2)32-19-10-12-23(3)25(21-30(22-32)16-17-30)29(33)28-14-8-9-20-34-28/h4-5,7-9,11,14-15,18,23,25,31H,1,6,10,12,16-17,19-22H2,2-3H3. The largest absolute Gasteiger partial charge is 0.486 e. The Bertz CT molecular complexity index is 1140. The van der Waals surface area contributed by atoms with Crippen molar-refractivity contribution in [3.8, 4) is 0 Å². The number of aromatic nitrogens is 1. The summed E-state index contributed by atoms with van der Waals surface area (Å²) in [4.78, 5) is 19.4. The average molecular weight is 459 g/mol. The molecule has 4 rings (SSSR count). The number of hydrogen-bond acceptors (Lipinski definition) is 3. The Hall–Kier alpha value is -2.97. The zero-order valence-corrected chi connectivity index (χ0v) is 20.7. The molecule has 4 nitrogen and oxygen atoms in total. The van der Waals surface area contributed by atoms with Gasteiger partial charge in [-0.15, -0.1) is 6.58 Å². The molecule has 34 heavy (non-hydrogen) atoms. The molecule has 1 spiro atoms. The van der Waals surface area contributed by atoms with Crippen LogP contribution in [0.25, 0.3) is 11.4 Å². The number of ether oxygens (including phenoxy) is 1. The van der Waals surface area contributed by atoms with Gasteiger partial charge in [0.15, 0.2) is 5.76 Å². The van der Waals surface area contributed by atoms with Crippen molar-refractivity contribution in [3.05, 3.63) is 77.7 Å². The maximum absolute atomic E-state index is 13.5. The van der Waals surface area contributed by atoms with Crippen LogP contribution in [0.1, 0.15) is 52.4 Å². The highest BCUT2D eigenvalue weighted by Crippen LogP contribution is 2.53. The summed E-state index contributed by atoms with van der Waals surface area (Å²) in [5.74, 6) is 1.13. The number of ketones is 1. The highest BCUT2D eigenvalue weighted by Gasteiger charge is 2.48. The third-order valence-electron chi connectivity index (χ3n) is 7.43. The molecule has 3 heterocycles. The summed E-state index contributed by atoms with van der Waals surface area (Å²) >= 11 is 0. The van der Waals surface area contributed by atoms with Gasteiger partial charge in [-0.2, -0.15) is 0 Å². The van der Waals surface area contributed by atoms with E-state index in [9.17, 15) is 4.79 Å². The van der Waals surface area contributed by atoms with E-state index in [0.717, 1.165) is 44.1 Å². The molecule has 0 aromatic carbocycles. The summed E-state index contributed by atoms with van der Waals surface area (Å²) in [6.07, 6.45) is 22.2. The molecule has 1 saturated heterocycles. The number of rotatable bonds is 6. The molecular formula is C30H38N2O2. The highest BCUT2D eigenvalue weighted by molar-refractivity contribution is 5.96. The molecular weight excluding hydrogens is 420 g/mol. The van der Waals surface area contributed by atoms with Gasteiger partial charge in [0.05, 0.1) is 5.35 Å². The van der Waals surface area contributed by atoms with Crippen LogP contribution in [0, 0.1) is 17.3 Å². The van der Waals surface area contributed by atoms with Crippen molar-refractivity contribution in [2.75, 3.05) is 19.7 Å². The van der Waals surface area contributed by atoms with Gasteiger partial charge in [-0.25, -0.2) is 0 Å². The van der Waals surface area contributed by atoms with Crippen LogP contribution in [0.3, 0.4) is 0 Å². The van der Waals surface area contributed by atoms with Crippen LogP contribution in [0.5, 0.6) is 0 Å². The fourth-order valence-electron chi connectivity index (χ4n) is 5.32. The van der Waals surface area contributed by atoms with Gasteiger partial charge in [0, 0.05) is 36.1 Å². The van der Waals surface area contributed by atoms with Crippen LogP contribution in [-0.2, 0) is 9.53 Å². The minimum absolute atomic E-state index is 0.0309. The fraction of sp³-hybridized carbons (Fsp3) is 0.467. The van der Waals surface area contributed by atoms with Gasteiger partial charge in [-0.1, -0.05) is 30.9 Å². The van der Waals surface area contributed by atoms with Crippen molar-refractivity contribution in [2.24, 2.45) is 17.3 Å². The van der Waals surface area contributed by atoms with Gasteiger partial charge in [-0.3, -0.25) is 4.79 Å². The highest BCUT2D eigenvalue weighted by atomic mass is 16.5. The number of carbonyl (C=O) groups is 1. The minimum atomic E-state index is 0.0309. The van der Waals surface area contributed by atoms with E-state index in [4.69, 9.17) is 4.74 Å². The Kier molecular flexibility index (Phi) is 7.80. The Balaban J connectivity index is 1.67. The third kappa shape index (κ3) is 5.56. The van der Waals surface area contributed by atoms with Gasteiger partial charge in [0.1, 0.15) is 6.61 Å². The predicted molar refractivity (Wildman–Crippen MR) is 139 cm³/mol. The SMILES string of the molecule is C=CCC=C=c1[nH]ccc1=C(C=CC)N1CCCC(C)C(C(=O)C2=CC=CCO2)CC2(CC2)C1. The Morgan fingerprint density at radius 3 is 2.97 bits per heavy atom. The van der Waals surface area contributed by atoms with Crippen LogP contribution in [0.4, 0.5) is 0 Å². The smallest absolute Gasteiger partial charge is 0.200 e. The lowest BCUT2D eigenvalue weighted by molar-refractivity contribution is -0.124. The van der Waals surface area contributed by atoms with E-state index < -0.39 is 0 Å². The summed E-state index contributed by atoms with van der Waals surface area (Å²) < 4.78 is 5.71. The number of hydrogen-bond donors (Lipinski definition) is 1. The number of nitrogens with one attached hydrogen (secondary N) is 1. The summed E-state index contributed by atoms with van der Waals surface area (Å²) in [5, 5.41) is 2.19. The van der Waals surface area contributed by atoms with E-state index in [1.165, 1.54) is 23.8 Å². The van der Waals surface area contributed by atoms with Gasteiger partial charge in [0.2, 0.25) is 5.78 Å². The van der Waals surface area contributed by atoms with Crippen LogP contribution in [0.2, 0.25) is 0 Å². The van der Waals surface area contributed by atoms with Crippen LogP contribution >= 0.6 is 0 Å². The lowest BCUT2D eigenvalue weighted by Crippen LogP contribution is -2.37. The molecule has 2 aliphatic heterocycles. The topological polar surface area (TPSA) is 45.3 Å². The first-order chi connectivity index (χ1) is 16.6. The molecule has 180 valence electrons. The molecule has 0 amide bonds. The number of carbonyl (C=O) groups excluding carboxylic acids is 1. The van der Waals surface area contributed by atoms with E-state index in [-0.39, 0.29) is 17.1 Å². The summed E-state index contributed by atoms with van der Waals surface area (Å²) in [6.45, 7) is 10.6. The number of allylic oxidation sites excluding steroid dienone is 6. The molecule has 2 atom stereocenters. The lowest BCUT2D eigenvalue weighted by Gasteiger charge is -2.31. The molecule has 1 N–H and O–H groups in total. The molecule has 3 aliphatic rings. The summed E-state index contributed by atoms with van der Waals surface area (Å²) in [5.41, 5.74) is 4.86. The second-order valence-corrected chi connectivity index (χ2v) is 10.0. The van der Waals surface area contributed by atoms with Gasteiger partial charge in [0.25, 0.3) is 0 Å². The van der Waals surface area contributed by atoms with E-state index in [1.54, 1.807) is 0 Å². The summed E-state index contributed by atoms with van der Waals surface area (Å²) in [6, 6.07) is 2.15. The van der Waals surface area contributed by atoms with Crippen LogP contribution < -0.4 is 10.6 Å². The molecule has 1 saturated carbocycles. The van der Waals surface area contributed by atoms with E-state index in [1.807, 2.05) is 36.6 Å². The minimum Gasteiger partial charge on any atom is -0.486 e. The second kappa shape index (κ2) is 11.0. The second-order valence-electron chi connectivity index (χ2n) is 10.0. The van der Waals surface area contributed by atoms with Crippen molar-refractivity contribution < 1.29 is 9.53 Å². The zero-order chi connectivity index (χ0) is 24.0. The Labute approximate surface area is 203 Å². The first kappa shape index (κ1) is 24.2. The first-order valence-corrected chi connectivity index (χ1v) is 12.7. The zero-order valence-electron chi connectivity index (χ0n) is 20.7.